The van der Waals surface area contributed by atoms with Crippen molar-refractivity contribution in [2.24, 2.45) is 0 Å². The van der Waals surface area contributed by atoms with Gasteiger partial charge in [0.25, 0.3) is 0 Å². The largest absolute Gasteiger partial charge is 0.673 e. The van der Waals surface area contributed by atoms with Crippen molar-refractivity contribution in [3.8, 4) is 0 Å². The first kappa shape index (κ1) is 33.3. The molecule has 0 heterocycles. The topological polar surface area (TPSA) is 0 Å². The Morgan fingerprint density at radius 2 is 0.711 bits per heavy atom. The number of halogens is 12. The van der Waals surface area contributed by atoms with Crippen molar-refractivity contribution >= 4 is 32.9 Å². The van der Waals surface area contributed by atoms with E-state index in [0.29, 0.717) is 0 Å². The first-order valence-corrected chi connectivity index (χ1v) is 11.7. The van der Waals surface area contributed by atoms with Gasteiger partial charge in [0.05, 0.1) is 0 Å². The molecule has 2 aliphatic carbocycles. The van der Waals surface area contributed by atoms with Gasteiger partial charge in [0.2, 0.25) is 0 Å². The zero-order valence-electron chi connectivity index (χ0n) is 19.1. The van der Waals surface area contributed by atoms with Gasteiger partial charge in [-0.3, -0.25) is 0 Å². The van der Waals surface area contributed by atoms with Crippen molar-refractivity contribution in [2.45, 2.75) is 12.8 Å². The Kier molecular flexibility index (Phi) is 13.2. The summed E-state index contributed by atoms with van der Waals surface area (Å²) in [5.74, 6) is 0. The number of benzene rings is 2. The Bertz CT molecular complexity index is 1000. The third kappa shape index (κ3) is 16.9. The summed E-state index contributed by atoms with van der Waals surface area (Å²) < 4.78 is 120. The molecule has 38 heavy (non-hydrogen) atoms. The fourth-order valence-electron chi connectivity index (χ4n) is 2.98. The second kappa shape index (κ2) is 15.0. The molecular weight excluding hydrogens is 580 g/mol. The summed E-state index contributed by atoms with van der Waals surface area (Å²) in [6.45, 7) is 0. The van der Waals surface area contributed by atoms with Crippen molar-refractivity contribution in [1.82, 2.24) is 0 Å². The van der Waals surface area contributed by atoms with Gasteiger partial charge in [-0.2, -0.15) is 0 Å². The van der Waals surface area contributed by atoms with E-state index in [1.54, 1.807) is 8.94 Å². The van der Waals surface area contributed by atoms with Crippen LogP contribution in [0.2, 0.25) is 0 Å². The quantitative estimate of drug-likeness (QED) is 0.243. The minimum Gasteiger partial charge on any atom is -0.418 e. The molecule has 0 atom stereocenters. The maximum Gasteiger partial charge on any atom is 0.673 e. The fourth-order valence-corrected chi connectivity index (χ4v) is 4.67. The Morgan fingerprint density at radius 1 is 0.447 bits per heavy atom. The predicted octanol–water partition coefficient (Wildman–Crippen LogP) is 9.71. The average Bonchev–Trinajstić information content (AvgIpc) is 3.41. The van der Waals surface area contributed by atoms with E-state index in [1.165, 1.54) is 22.3 Å². The minimum atomic E-state index is -6.00. The van der Waals surface area contributed by atoms with Crippen LogP contribution in [0.5, 0.6) is 0 Å². The van der Waals surface area contributed by atoms with Crippen LogP contribution < -0.4 is 0 Å². The van der Waals surface area contributed by atoms with E-state index in [4.69, 9.17) is 0 Å². The summed E-state index contributed by atoms with van der Waals surface area (Å²) in [7, 11) is -18.0. The van der Waals surface area contributed by atoms with Gasteiger partial charge in [0.1, 0.15) is 0 Å². The summed E-state index contributed by atoms with van der Waals surface area (Å²) in [5.41, 5.74) is 5.50. The van der Waals surface area contributed by atoms with Crippen LogP contribution in [0.3, 0.4) is 0 Å². The van der Waals surface area contributed by atoms with E-state index < -0.39 is 21.8 Å². The maximum atomic E-state index is 9.75. The van der Waals surface area contributed by atoms with Crippen molar-refractivity contribution in [2.75, 3.05) is 0 Å². The molecule has 4 rings (SSSR count). The predicted molar refractivity (Wildman–Crippen MR) is 125 cm³/mol. The third-order valence-corrected chi connectivity index (χ3v) is 5.82. The van der Waals surface area contributed by atoms with E-state index in [9.17, 15) is 51.8 Å². The van der Waals surface area contributed by atoms with E-state index in [1.807, 2.05) is 0 Å². The van der Waals surface area contributed by atoms with Gasteiger partial charge >= 0.3 is 166 Å². The summed E-state index contributed by atoms with van der Waals surface area (Å²) in [5, 5.41) is 0. The summed E-state index contributed by atoms with van der Waals surface area (Å²) >= 11 is 1.08. The number of hydrogen-bond acceptors (Lipinski definition) is 0. The first-order chi connectivity index (χ1) is 17.4. The molecule has 0 radical (unpaired) electrons. The molecule has 0 N–H and O–H groups in total. The maximum absolute atomic E-state index is 9.75. The van der Waals surface area contributed by atoms with Gasteiger partial charge in [-0.25, -0.2) is 0 Å². The average molecular weight is 599 g/mol. The van der Waals surface area contributed by atoms with Crippen LogP contribution in [0.25, 0.3) is 11.1 Å². The summed E-state index contributed by atoms with van der Waals surface area (Å²) in [6, 6.07) is 21.5. The monoisotopic (exact) mass is 599 g/mol. The van der Waals surface area contributed by atoms with Crippen molar-refractivity contribution in [1.29, 1.82) is 0 Å². The van der Waals surface area contributed by atoms with Gasteiger partial charge in [0.15, 0.2) is 0 Å². The molecule has 0 saturated heterocycles. The Balaban J connectivity index is 0.000000398. The van der Waals surface area contributed by atoms with Crippen LogP contribution in [0, 0.1) is 0 Å². The van der Waals surface area contributed by atoms with Crippen LogP contribution in [0.1, 0.15) is 24.0 Å². The van der Waals surface area contributed by atoms with Gasteiger partial charge in [-0.1, -0.05) is 0 Å². The molecular formula is C22H18B3F12Fe. The minimum absolute atomic E-state index is 1.08. The van der Waals surface area contributed by atoms with Crippen molar-refractivity contribution < 1.29 is 66.7 Å². The fraction of sp³-hybridized carbons (Fsp3) is 0.0909. The standard InChI is InChI=1S/2C11H9.3BF4.Fe/c2*1-2-6-10(7-3-1)11-8-4-5-9-11;3*2-1(3,4)5;/h2*1-4,6-8H,5H2;;;;/q;;3*-1;+3. The first-order valence-electron chi connectivity index (χ1n) is 10.6. The third-order valence-electron chi connectivity index (χ3n) is 4.11. The molecule has 0 saturated carbocycles. The normalized spacial score (nSPS) is 14.7. The van der Waals surface area contributed by atoms with Gasteiger partial charge < -0.3 is 51.8 Å². The summed E-state index contributed by atoms with van der Waals surface area (Å²) in [4.78, 5) is 0. The Morgan fingerprint density at radius 3 is 0.974 bits per heavy atom. The Labute approximate surface area is 217 Å². The molecule has 2 aromatic rings. The van der Waals surface area contributed by atoms with Gasteiger partial charge in [-0.15, -0.1) is 0 Å². The molecule has 0 nitrogen and oxygen atoms in total. The van der Waals surface area contributed by atoms with Crippen LogP contribution >= 0.6 is 0 Å². The van der Waals surface area contributed by atoms with E-state index in [2.05, 4.69) is 85.0 Å². The molecule has 2 aliphatic rings. The van der Waals surface area contributed by atoms with Gasteiger partial charge in [0, 0.05) is 0 Å². The molecule has 0 unspecified atom stereocenters. The zero-order valence-corrected chi connectivity index (χ0v) is 20.2. The molecule has 0 bridgehead atoms. The number of hydrogen-bond donors (Lipinski definition) is 0. The molecule has 0 aromatic heterocycles. The van der Waals surface area contributed by atoms with Crippen LogP contribution in [-0.4, -0.2) is 21.8 Å². The smallest absolute Gasteiger partial charge is 0.418 e. The van der Waals surface area contributed by atoms with Gasteiger partial charge in [-0.05, 0) is 0 Å². The number of rotatable bonds is 4. The van der Waals surface area contributed by atoms with Crippen LogP contribution in [-0.2, 0) is 15.0 Å². The molecule has 0 fully saturated rings. The zero-order chi connectivity index (χ0) is 29.0. The van der Waals surface area contributed by atoms with Crippen molar-refractivity contribution in [3.63, 3.8) is 0 Å². The van der Waals surface area contributed by atoms with Crippen molar-refractivity contribution in [3.05, 3.63) is 105 Å². The Hall–Kier alpha value is -2.73. The molecule has 0 spiro atoms. The van der Waals surface area contributed by atoms with Crippen LogP contribution in [0.4, 0.5) is 51.8 Å². The van der Waals surface area contributed by atoms with E-state index >= 15 is 0 Å². The van der Waals surface area contributed by atoms with E-state index in [0.717, 1.165) is 27.8 Å². The molecule has 0 amide bonds. The van der Waals surface area contributed by atoms with Crippen LogP contribution in [0.15, 0.2) is 93.9 Å². The molecule has 207 valence electrons. The second-order valence-corrected chi connectivity index (χ2v) is 8.73. The molecule has 16 heteroatoms. The second-order valence-electron chi connectivity index (χ2n) is 7.13. The number of allylic oxidation sites excluding steroid dienone is 8. The molecule has 2 aromatic carbocycles. The van der Waals surface area contributed by atoms with E-state index in [-0.39, 0.29) is 0 Å². The SMILES string of the molecule is C1=CC(c2ccccc2)=[C]([Fe+3][C]2=C(c3ccccc3)C=CC2)C1.F[B-](F)(F)F.F[B-](F)(F)F.F[B-](F)(F)F. The summed E-state index contributed by atoms with van der Waals surface area (Å²) in [6.07, 6.45) is 11.3. The molecule has 0 aliphatic heterocycles.